The van der Waals surface area contributed by atoms with Crippen molar-refractivity contribution in [1.29, 1.82) is 0 Å². The lowest BCUT2D eigenvalue weighted by Crippen LogP contribution is -2.28. The standard InChI is InChI=1S/C22H27N3O2/c1-16-7-9-18(22(27)24-19-5-3-2-4-6-19)15-20(16)25-21(26)10-8-17-11-13-23-14-12-17/h2-7,9,15,17,23H,8,10-14H2,1H3,(H,24,27)(H,25,26). The average molecular weight is 365 g/mol. The van der Waals surface area contributed by atoms with Gasteiger partial charge in [0.25, 0.3) is 5.91 Å². The topological polar surface area (TPSA) is 70.2 Å². The van der Waals surface area contributed by atoms with Crippen LogP contribution in [0.3, 0.4) is 0 Å². The maximum Gasteiger partial charge on any atom is 0.255 e. The highest BCUT2D eigenvalue weighted by molar-refractivity contribution is 6.05. The molecule has 2 aromatic rings. The molecule has 0 unspecified atom stereocenters. The number of nitrogens with one attached hydrogen (secondary N) is 3. The van der Waals surface area contributed by atoms with Gasteiger partial charge in [0.05, 0.1) is 0 Å². The molecule has 0 aromatic heterocycles. The van der Waals surface area contributed by atoms with Crippen LogP contribution in [0.15, 0.2) is 48.5 Å². The Balaban J connectivity index is 1.59. The zero-order chi connectivity index (χ0) is 19.1. The van der Waals surface area contributed by atoms with Gasteiger partial charge in [-0.25, -0.2) is 0 Å². The highest BCUT2D eigenvalue weighted by Gasteiger charge is 2.15. The van der Waals surface area contributed by atoms with E-state index in [4.69, 9.17) is 0 Å². The second-order valence-corrected chi connectivity index (χ2v) is 7.13. The van der Waals surface area contributed by atoms with E-state index in [0.717, 1.165) is 43.6 Å². The summed E-state index contributed by atoms with van der Waals surface area (Å²) in [5.74, 6) is 0.449. The third-order valence-corrected chi connectivity index (χ3v) is 5.04. The van der Waals surface area contributed by atoms with Crippen molar-refractivity contribution in [1.82, 2.24) is 5.32 Å². The van der Waals surface area contributed by atoms with Gasteiger partial charge in [-0.05, 0) is 75.0 Å². The lowest BCUT2D eigenvalue weighted by atomic mass is 9.93. The lowest BCUT2D eigenvalue weighted by molar-refractivity contribution is -0.116. The Hall–Kier alpha value is -2.66. The highest BCUT2D eigenvalue weighted by Crippen LogP contribution is 2.21. The second-order valence-electron chi connectivity index (χ2n) is 7.13. The van der Waals surface area contributed by atoms with E-state index in [1.54, 1.807) is 12.1 Å². The summed E-state index contributed by atoms with van der Waals surface area (Å²) in [6, 6.07) is 14.7. The van der Waals surface area contributed by atoms with Gasteiger partial charge in [-0.1, -0.05) is 24.3 Å². The van der Waals surface area contributed by atoms with Crippen molar-refractivity contribution in [2.24, 2.45) is 5.92 Å². The summed E-state index contributed by atoms with van der Waals surface area (Å²) in [6.07, 6.45) is 3.72. The quantitative estimate of drug-likeness (QED) is 0.725. The number of rotatable bonds is 6. The SMILES string of the molecule is Cc1ccc(C(=O)Nc2ccccc2)cc1NC(=O)CCC1CCNCC1. The molecule has 1 aliphatic heterocycles. The first-order valence-electron chi connectivity index (χ1n) is 9.59. The number of hydrogen-bond acceptors (Lipinski definition) is 3. The van der Waals surface area contributed by atoms with Gasteiger partial charge in [0.1, 0.15) is 0 Å². The fourth-order valence-corrected chi connectivity index (χ4v) is 3.34. The maximum absolute atomic E-state index is 12.5. The number of para-hydroxylation sites is 1. The van der Waals surface area contributed by atoms with Crippen LogP contribution in [0.5, 0.6) is 0 Å². The Morgan fingerprint density at radius 3 is 2.52 bits per heavy atom. The van der Waals surface area contributed by atoms with Crippen LogP contribution < -0.4 is 16.0 Å². The number of amides is 2. The van der Waals surface area contributed by atoms with Crippen LogP contribution in [0.4, 0.5) is 11.4 Å². The first kappa shape index (κ1) is 19.1. The molecule has 142 valence electrons. The predicted molar refractivity (Wildman–Crippen MR) is 109 cm³/mol. The van der Waals surface area contributed by atoms with E-state index in [-0.39, 0.29) is 11.8 Å². The summed E-state index contributed by atoms with van der Waals surface area (Å²) in [5.41, 5.74) is 2.92. The summed E-state index contributed by atoms with van der Waals surface area (Å²) in [7, 11) is 0. The van der Waals surface area contributed by atoms with Crippen molar-refractivity contribution in [3.05, 3.63) is 59.7 Å². The molecule has 2 amide bonds. The average Bonchev–Trinajstić information content (AvgIpc) is 2.69. The summed E-state index contributed by atoms with van der Waals surface area (Å²) >= 11 is 0. The maximum atomic E-state index is 12.5. The molecule has 0 saturated carbocycles. The van der Waals surface area contributed by atoms with E-state index < -0.39 is 0 Å². The Morgan fingerprint density at radius 1 is 1.04 bits per heavy atom. The Labute approximate surface area is 160 Å². The fourth-order valence-electron chi connectivity index (χ4n) is 3.34. The Kier molecular flexibility index (Phi) is 6.60. The fraction of sp³-hybridized carbons (Fsp3) is 0.364. The van der Waals surface area contributed by atoms with Crippen LogP contribution in [0.25, 0.3) is 0 Å². The van der Waals surface area contributed by atoms with Crippen LogP contribution in [-0.4, -0.2) is 24.9 Å². The van der Waals surface area contributed by atoms with E-state index in [1.165, 1.54) is 0 Å². The van der Waals surface area contributed by atoms with Crippen molar-refractivity contribution in [3.8, 4) is 0 Å². The predicted octanol–water partition coefficient (Wildman–Crippen LogP) is 3.97. The molecule has 0 aliphatic carbocycles. The first-order valence-corrected chi connectivity index (χ1v) is 9.59. The summed E-state index contributed by atoms with van der Waals surface area (Å²) in [4.78, 5) is 24.8. The third-order valence-electron chi connectivity index (χ3n) is 5.04. The number of anilines is 2. The minimum atomic E-state index is -0.189. The van der Waals surface area contributed by atoms with Gasteiger partial charge >= 0.3 is 0 Å². The van der Waals surface area contributed by atoms with Crippen LogP contribution in [0, 0.1) is 12.8 Å². The van der Waals surface area contributed by atoms with Crippen LogP contribution in [-0.2, 0) is 4.79 Å². The molecule has 1 aliphatic rings. The lowest BCUT2D eigenvalue weighted by Gasteiger charge is -2.22. The number of aryl methyl sites for hydroxylation is 1. The zero-order valence-corrected chi connectivity index (χ0v) is 15.8. The van der Waals surface area contributed by atoms with Crippen molar-refractivity contribution >= 4 is 23.2 Å². The number of carbonyl (C=O) groups is 2. The van der Waals surface area contributed by atoms with Gasteiger partial charge in [0.2, 0.25) is 5.91 Å². The molecule has 0 atom stereocenters. The van der Waals surface area contributed by atoms with Crippen molar-refractivity contribution in [3.63, 3.8) is 0 Å². The van der Waals surface area contributed by atoms with E-state index in [9.17, 15) is 9.59 Å². The molecular weight excluding hydrogens is 338 g/mol. The van der Waals surface area contributed by atoms with Gasteiger partial charge in [0.15, 0.2) is 0 Å². The summed E-state index contributed by atoms with van der Waals surface area (Å²) in [6.45, 7) is 4.02. The zero-order valence-electron chi connectivity index (χ0n) is 15.8. The van der Waals surface area contributed by atoms with Gasteiger partial charge in [-0.15, -0.1) is 0 Å². The van der Waals surface area contributed by atoms with Crippen LogP contribution in [0.2, 0.25) is 0 Å². The number of benzene rings is 2. The van der Waals surface area contributed by atoms with Crippen molar-refractivity contribution < 1.29 is 9.59 Å². The Morgan fingerprint density at radius 2 is 1.78 bits per heavy atom. The number of hydrogen-bond donors (Lipinski definition) is 3. The molecule has 27 heavy (non-hydrogen) atoms. The molecule has 0 spiro atoms. The van der Waals surface area contributed by atoms with E-state index in [1.807, 2.05) is 43.3 Å². The molecule has 2 aromatic carbocycles. The van der Waals surface area contributed by atoms with E-state index in [0.29, 0.717) is 23.6 Å². The summed E-state index contributed by atoms with van der Waals surface area (Å²) < 4.78 is 0. The van der Waals surface area contributed by atoms with Crippen LogP contribution >= 0.6 is 0 Å². The smallest absolute Gasteiger partial charge is 0.255 e. The monoisotopic (exact) mass is 365 g/mol. The number of carbonyl (C=O) groups excluding carboxylic acids is 2. The molecule has 1 fully saturated rings. The molecule has 5 heteroatoms. The van der Waals surface area contributed by atoms with Crippen molar-refractivity contribution in [2.45, 2.75) is 32.6 Å². The van der Waals surface area contributed by atoms with E-state index in [2.05, 4.69) is 16.0 Å². The minimum absolute atomic E-state index is 0.0113. The van der Waals surface area contributed by atoms with Gasteiger partial charge in [-0.2, -0.15) is 0 Å². The highest BCUT2D eigenvalue weighted by atomic mass is 16.2. The molecule has 5 nitrogen and oxygen atoms in total. The van der Waals surface area contributed by atoms with Gasteiger partial charge < -0.3 is 16.0 Å². The second kappa shape index (κ2) is 9.33. The molecular formula is C22H27N3O2. The molecule has 0 radical (unpaired) electrons. The van der Waals surface area contributed by atoms with E-state index >= 15 is 0 Å². The Bertz CT molecular complexity index is 783. The largest absolute Gasteiger partial charge is 0.326 e. The normalized spacial score (nSPS) is 14.6. The van der Waals surface area contributed by atoms with Crippen LogP contribution in [0.1, 0.15) is 41.6 Å². The molecule has 0 bridgehead atoms. The van der Waals surface area contributed by atoms with Gasteiger partial charge in [0, 0.05) is 23.4 Å². The van der Waals surface area contributed by atoms with Gasteiger partial charge in [-0.3, -0.25) is 9.59 Å². The molecule has 3 N–H and O–H groups in total. The number of piperidine rings is 1. The van der Waals surface area contributed by atoms with Crippen molar-refractivity contribution in [2.75, 3.05) is 23.7 Å². The minimum Gasteiger partial charge on any atom is -0.326 e. The third kappa shape index (κ3) is 5.66. The first-order chi connectivity index (χ1) is 13.1. The molecule has 3 rings (SSSR count). The molecule has 1 heterocycles. The summed E-state index contributed by atoms with van der Waals surface area (Å²) in [5, 5.41) is 9.19. The molecule has 1 saturated heterocycles.